The molecule has 2 N–H and O–H groups in total. The van der Waals surface area contributed by atoms with Crippen molar-refractivity contribution in [2.24, 2.45) is 28.6 Å². The van der Waals surface area contributed by atoms with E-state index in [9.17, 15) is 19.8 Å². The summed E-state index contributed by atoms with van der Waals surface area (Å²) in [6.45, 7) is 5.67. The van der Waals surface area contributed by atoms with Crippen molar-refractivity contribution >= 4 is 11.6 Å². The van der Waals surface area contributed by atoms with Crippen LogP contribution in [0.15, 0.2) is 23.8 Å². The molecule has 136 valence electrons. The maximum absolute atomic E-state index is 12.2. The molecule has 0 aromatic rings. The molecule has 0 aromatic heterocycles. The SMILES string of the molecule is CC(=O)C1(O)CC(O)C2C3C=CC4=CC(=O)CCC4(C)C3CCC21C. The first-order chi connectivity index (χ1) is 11.6. The number of carbonyl (C=O) groups excluding carboxylic acids is 2. The number of hydrogen-bond donors (Lipinski definition) is 2. The zero-order chi connectivity index (χ0) is 18.2. The van der Waals surface area contributed by atoms with Gasteiger partial charge < -0.3 is 10.2 Å². The quantitative estimate of drug-likeness (QED) is 0.767. The summed E-state index contributed by atoms with van der Waals surface area (Å²) in [7, 11) is 0. The van der Waals surface area contributed by atoms with Crippen molar-refractivity contribution in [3.63, 3.8) is 0 Å². The number of carbonyl (C=O) groups is 2. The second kappa shape index (κ2) is 5.14. The summed E-state index contributed by atoms with van der Waals surface area (Å²) < 4.78 is 0. The number of rotatable bonds is 1. The number of Topliss-reactive ketones (excluding diaryl/α,β-unsaturated/α-hetero) is 1. The molecule has 0 aliphatic heterocycles. The molecule has 4 rings (SSSR count). The molecule has 25 heavy (non-hydrogen) atoms. The molecule has 4 aliphatic carbocycles. The predicted octanol–water partition coefficient (Wildman–Crippen LogP) is 2.59. The molecule has 2 saturated carbocycles. The lowest BCUT2D eigenvalue weighted by Gasteiger charge is -2.57. The summed E-state index contributed by atoms with van der Waals surface area (Å²) in [6.07, 6.45) is 8.52. The van der Waals surface area contributed by atoms with E-state index in [1.165, 1.54) is 6.92 Å². The van der Waals surface area contributed by atoms with Crippen LogP contribution in [0.3, 0.4) is 0 Å². The number of aliphatic hydroxyl groups is 2. The van der Waals surface area contributed by atoms with Gasteiger partial charge in [-0.3, -0.25) is 9.59 Å². The number of aliphatic hydroxyl groups excluding tert-OH is 1. The van der Waals surface area contributed by atoms with Gasteiger partial charge >= 0.3 is 0 Å². The highest BCUT2D eigenvalue weighted by Crippen LogP contribution is 2.66. The Labute approximate surface area is 149 Å². The normalized spacial score (nSPS) is 51.4. The monoisotopic (exact) mass is 344 g/mol. The third-order valence-corrected chi connectivity index (χ3v) is 8.22. The van der Waals surface area contributed by atoms with Gasteiger partial charge in [0.05, 0.1) is 6.10 Å². The summed E-state index contributed by atoms with van der Waals surface area (Å²) in [4.78, 5) is 24.1. The fourth-order valence-corrected chi connectivity index (χ4v) is 6.65. The van der Waals surface area contributed by atoms with Gasteiger partial charge in [-0.25, -0.2) is 0 Å². The Morgan fingerprint density at radius 2 is 2.00 bits per heavy atom. The van der Waals surface area contributed by atoms with E-state index in [4.69, 9.17) is 0 Å². The first-order valence-electron chi connectivity index (χ1n) is 9.48. The second-order valence-electron chi connectivity index (χ2n) is 9.20. The number of allylic oxidation sites excluding steroid dienone is 4. The van der Waals surface area contributed by atoms with Gasteiger partial charge in [0.25, 0.3) is 0 Å². The summed E-state index contributed by atoms with van der Waals surface area (Å²) in [5.74, 6) is 0.330. The highest BCUT2D eigenvalue weighted by atomic mass is 16.3. The minimum Gasteiger partial charge on any atom is -0.393 e. The Kier molecular flexibility index (Phi) is 3.53. The van der Waals surface area contributed by atoms with Crippen LogP contribution in [-0.2, 0) is 9.59 Å². The molecule has 4 aliphatic rings. The molecule has 0 bridgehead atoms. The third-order valence-electron chi connectivity index (χ3n) is 8.22. The molecule has 0 spiro atoms. The lowest BCUT2D eigenvalue weighted by Crippen LogP contribution is -2.56. The van der Waals surface area contributed by atoms with Crippen molar-refractivity contribution in [2.75, 3.05) is 0 Å². The highest BCUT2D eigenvalue weighted by Gasteiger charge is 2.68. The van der Waals surface area contributed by atoms with Gasteiger partial charge in [-0.1, -0.05) is 26.0 Å². The topological polar surface area (TPSA) is 74.6 Å². The lowest BCUT2D eigenvalue weighted by atomic mass is 9.48. The average Bonchev–Trinajstić information content (AvgIpc) is 2.75. The average molecular weight is 344 g/mol. The van der Waals surface area contributed by atoms with Crippen LogP contribution in [0.4, 0.5) is 0 Å². The molecule has 0 heterocycles. The largest absolute Gasteiger partial charge is 0.393 e. The molecular formula is C21H28O4. The molecular weight excluding hydrogens is 316 g/mol. The highest BCUT2D eigenvalue weighted by molar-refractivity contribution is 5.92. The van der Waals surface area contributed by atoms with E-state index in [1.54, 1.807) is 6.08 Å². The van der Waals surface area contributed by atoms with Gasteiger partial charge in [0, 0.05) is 24.2 Å². The van der Waals surface area contributed by atoms with Crippen LogP contribution < -0.4 is 0 Å². The van der Waals surface area contributed by atoms with E-state index in [0.717, 1.165) is 24.8 Å². The van der Waals surface area contributed by atoms with Crippen molar-refractivity contribution in [3.8, 4) is 0 Å². The van der Waals surface area contributed by atoms with Crippen LogP contribution in [0.25, 0.3) is 0 Å². The van der Waals surface area contributed by atoms with E-state index in [1.807, 2.05) is 6.92 Å². The van der Waals surface area contributed by atoms with Gasteiger partial charge in [0.15, 0.2) is 11.6 Å². The van der Waals surface area contributed by atoms with E-state index in [2.05, 4.69) is 19.1 Å². The smallest absolute Gasteiger partial charge is 0.161 e. The van der Waals surface area contributed by atoms with Crippen LogP contribution in [-0.4, -0.2) is 33.5 Å². The molecule has 0 aromatic carbocycles. The van der Waals surface area contributed by atoms with Crippen molar-refractivity contribution in [1.82, 2.24) is 0 Å². The fraction of sp³-hybridized carbons (Fsp3) is 0.714. The van der Waals surface area contributed by atoms with Crippen LogP contribution in [0.1, 0.15) is 52.9 Å². The Balaban J connectivity index is 1.79. The Bertz CT molecular complexity index is 707. The molecule has 4 heteroatoms. The Hall–Kier alpha value is -1.26. The number of fused-ring (bicyclic) bond motifs is 5. The van der Waals surface area contributed by atoms with E-state index >= 15 is 0 Å². The maximum Gasteiger partial charge on any atom is 0.161 e. The van der Waals surface area contributed by atoms with Crippen LogP contribution in [0, 0.1) is 28.6 Å². The Morgan fingerprint density at radius 1 is 1.28 bits per heavy atom. The minimum absolute atomic E-state index is 0.0503. The molecule has 7 atom stereocenters. The number of hydrogen-bond acceptors (Lipinski definition) is 4. The van der Waals surface area contributed by atoms with Crippen molar-refractivity contribution in [1.29, 1.82) is 0 Å². The second-order valence-corrected chi connectivity index (χ2v) is 9.20. The fourth-order valence-electron chi connectivity index (χ4n) is 6.65. The first-order valence-corrected chi connectivity index (χ1v) is 9.48. The summed E-state index contributed by atoms with van der Waals surface area (Å²) in [5, 5.41) is 21.9. The minimum atomic E-state index is -1.44. The summed E-state index contributed by atoms with van der Waals surface area (Å²) in [6, 6.07) is 0. The lowest BCUT2D eigenvalue weighted by molar-refractivity contribution is -0.157. The summed E-state index contributed by atoms with van der Waals surface area (Å²) in [5.41, 5.74) is -0.963. The number of ketones is 2. The van der Waals surface area contributed by atoms with Crippen LogP contribution >= 0.6 is 0 Å². The van der Waals surface area contributed by atoms with Gasteiger partial charge in [0.2, 0.25) is 0 Å². The van der Waals surface area contributed by atoms with Crippen molar-refractivity contribution in [3.05, 3.63) is 23.8 Å². The summed E-state index contributed by atoms with van der Waals surface area (Å²) >= 11 is 0. The third kappa shape index (κ3) is 2.01. The first kappa shape index (κ1) is 17.2. The molecule has 7 unspecified atom stereocenters. The van der Waals surface area contributed by atoms with E-state index < -0.39 is 17.1 Å². The van der Waals surface area contributed by atoms with Crippen molar-refractivity contribution in [2.45, 2.75) is 64.6 Å². The molecule has 0 saturated heterocycles. The molecule has 0 radical (unpaired) electrons. The standard InChI is InChI=1S/C21H28O4/c1-12(22)21(25)11-17(24)18-15-5-4-13-10-14(23)6-8-19(13,2)16(15)7-9-20(18,21)3/h4-5,10,15-18,24-25H,6-9,11H2,1-3H3. The van der Waals surface area contributed by atoms with Gasteiger partial charge in [0.1, 0.15) is 5.60 Å². The van der Waals surface area contributed by atoms with Gasteiger partial charge in [-0.2, -0.15) is 0 Å². The van der Waals surface area contributed by atoms with Crippen LogP contribution in [0.5, 0.6) is 0 Å². The zero-order valence-corrected chi connectivity index (χ0v) is 15.3. The maximum atomic E-state index is 12.2. The molecule has 2 fully saturated rings. The van der Waals surface area contributed by atoms with E-state index in [0.29, 0.717) is 12.3 Å². The molecule has 4 nitrogen and oxygen atoms in total. The Morgan fingerprint density at radius 3 is 2.68 bits per heavy atom. The van der Waals surface area contributed by atoms with Gasteiger partial charge in [-0.05, 0) is 55.1 Å². The van der Waals surface area contributed by atoms with Crippen molar-refractivity contribution < 1.29 is 19.8 Å². The molecule has 0 amide bonds. The van der Waals surface area contributed by atoms with Crippen LogP contribution in [0.2, 0.25) is 0 Å². The predicted molar refractivity (Wildman–Crippen MR) is 93.6 cm³/mol. The van der Waals surface area contributed by atoms with E-state index in [-0.39, 0.29) is 35.2 Å². The van der Waals surface area contributed by atoms with Gasteiger partial charge in [-0.15, -0.1) is 0 Å². The zero-order valence-electron chi connectivity index (χ0n) is 15.3.